The summed E-state index contributed by atoms with van der Waals surface area (Å²) in [7, 11) is 0. The summed E-state index contributed by atoms with van der Waals surface area (Å²) < 4.78 is 5.56. The van der Waals surface area contributed by atoms with Crippen molar-refractivity contribution in [1.82, 2.24) is 5.32 Å². The van der Waals surface area contributed by atoms with E-state index in [-0.39, 0.29) is 4.32 Å². The first-order valence-electron chi connectivity index (χ1n) is 4.10. The summed E-state index contributed by atoms with van der Waals surface area (Å²) in [6.45, 7) is 4.81. The van der Waals surface area contributed by atoms with Crippen LogP contribution in [0.15, 0.2) is 12.2 Å². The molecule has 0 spiro atoms. The number of morpholine rings is 1. The van der Waals surface area contributed by atoms with Crippen LogP contribution in [-0.4, -0.2) is 30.1 Å². The van der Waals surface area contributed by atoms with Gasteiger partial charge in [0, 0.05) is 13.1 Å². The van der Waals surface area contributed by atoms with E-state index in [1.54, 1.807) is 0 Å². The molecule has 1 aliphatic heterocycles. The predicted molar refractivity (Wildman–Crippen MR) is 63.2 cm³/mol. The third-order valence-corrected chi connectivity index (χ3v) is 1.36. The lowest BCUT2D eigenvalue weighted by atomic mass is 10.3. The smallest absolute Gasteiger partial charge is 0.128 e. The van der Waals surface area contributed by atoms with Gasteiger partial charge in [0.1, 0.15) is 4.32 Å². The highest BCUT2D eigenvalue weighted by Crippen LogP contribution is 1.96. The predicted octanol–water partition coefficient (Wildman–Crippen LogP) is 0.711. The van der Waals surface area contributed by atoms with Crippen LogP contribution in [0.3, 0.4) is 0 Å². The summed E-state index contributed by atoms with van der Waals surface area (Å²) >= 11 is 7.65. The normalized spacial score (nSPS) is 22.2. The molecule has 1 rings (SSSR count). The quantitative estimate of drug-likeness (QED) is 0.346. The summed E-state index contributed by atoms with van der Waals surface area (Å²) in [6, 6.07) is 0. The van der Waals surface area contributed by atoms with Crippen molar-refractivity contribution in [3.8, 4) is 0 Å². The monoisotopic (exact) mass is 220 g/mol. The summed E-state index contributed by atoms with van der Waals surface area (Å²) in [6.07, 6.45) is 4.41. The molecule has 1 saturated heterocycles. The highest BCUT2D eigenvalue weighted by Gasteiger charge is 2.07. The second kappa shape index (κ2) is 8.50. The van der Waals surface area contributed by atoms with E-state index in [2.05, 4.69) is 36.2 Å². The molecule has 0 aromatic heterocycles. The van der Waals surface area contributed by atoms with Gasteiger partial charge in [0.2, 0.25) is 0 Å². The molecule has 76 valence electrons. The van der Waals surface area contributed by atoms with Crippen molar-refractivity contribution in [2.45, 2.75) is 13.0 Å². The lowest BCUT2D eigenvalue weighted by Gasteiger charge is -2.20. The largest absolute Gasteiger partial charge is 0.385 e. The van der Waals surface area contributed by atoms with Crippen molar-refractivity contribution >= 4 is 29.2 Å². The third kappa shape index (κ3) is 9.82. The van der Waals surface area contributed by atoms with E-state index in [9.17, 15) is 0 Å². The zero-order valence-corrected chi connectivity index (χ0v) is 9.41. The maximum atomic E-state index is 5.37. The molecule has 1 aliphatic rings. The fourth-order valence-corrected chi connectivity index (χ4v) is 0.924. The van der Waals surface area contributed by atoms with Gasteiger partial charge in [-0.25, -0.2) is 0 Å². The number of thiocarbonyl (C=S) groups is 1. The lowest BCUT2D eigenvalue weighted by Crippen LogP contribution is -2.37. The van der Waals surface area contributed by atoms with Gasteiger partial charge in [0.15, 0.2) is 0 Å². The molecule has 1 atom stereocenters. The molecule has 5 heteroatoms. The van der Waals surface area contributed by atoms with Crippen molar-refractivity contribution in [3.05, 3.63) is 12.2 Å². The van der Waals surface area contributed by atoms with E-state index < -0.39 is 0 Å². The first-order valence-corrected chi connectivity index (χ1v) is 4.96. The Kier molecular flexibility index (Phi) is 8.43. The zero-order chi connectivity index (χ0) is 10.1. The minimum atomic E-state index is 0.194. The summed E-state index contributed by atoms with van der Waals surface area (Å²) in [4.78, 5) is 0. The third-order valence-electron chi connectivity index (χ3n) is 1.36. The van der Waals surface area contributed by atoms with Gasteiger partial charge in [-0.05, 0) is 6.92 Å². The van der Waals surface area contributed by atoms with E-state index in [4.69, 9.17) is 10.5 Å². The highest BCUT2D eigenvalue weighted by molar-refractivity contribution is 8.10. The number of nitrogens with one attached hydrogen (secondary N) is 1. The number of ether oxygens (including phenoxy) is 1. The standard InChI is InChI=1S/C7H13NO.CH3NS2/c1-2-3-7-6-8-4-5-9-7;2-1(3)4/h2-3,7-8H,4-6H2,1H3;(H3,2,3,4). The Bertz CT molecular complexity index is 164. The molecule has 13 heavy (non-hydrogen) atoms. The van der Waals surface area contributed by atoms with Gasteiger partial charge < -0.3 is 15.8 Å². The average Bonchev–Trinajstić information content (AvgIpc) is 2.06. The van der Waals surface area contributed by atoms with E-state index >= 15 is 0 Å². The molecule has 0 bridgehead atoms. The number of nitrogens with two attached hydrogens (primary N) is 1. The summed E-state index contributed by atoms with van der Waals surface area (Å²) in [5, 5.41) is 3.24. The van der Waals surface area contributed by atoms with Gasteiger partial charge >= 0.3 is 0 Å². The average molecular weight is 220 g/mol. The van der Waals surface area contributed by atoms with E-state index in [0.717, 1.165) is 19.7 Å². The van der Waals surface area contributed by atoms with Gasteiger partial charge in [0.25, 0.3) is 0 Å². The number of hydrogen-bond acceptors (Lipinski definition) is 3. The van der Waals surface area contributed by atoms with Crippen molar-refractivity contribution < 1.29 is 4.74 Å². The molecular formula is C8H16N2OS2. The fourth-order valence-electron chi connectivity index (χ4n) is 0.924. The van der Waals surface area contributed by atoms with Crippen LogP contribution in [0.5, 0.6) is 0 Å². The molecular weight excluding hydrogens is 204 g/mol. The molecule has 3 nitrogen and oxygen atoms in total. The Balaban J connectivity index is 0.000000310. The summed E-state index contributed by atoms with van der Waals surface area (Å²) in [5.74, 6) is 0. The Hall–Kier alpha value is -0.100. The van der Waals surface area contributed by atoms with Crippen molar-refractivity contribution in [1.29, 1.82) is 0 Å². The molecule has 0 aromatic carbocycles. The van der Waals surface area contributed by atoms with Crippen molar-refractivity contribution in [2.75, 3.05) is 19.7 Å². The molecule has 1 fully saturated rings. The fraction of sp³-hybridized carbons (Fsp3) is 0.625. The number of allylic oxidation sites excluding steroid dienone is 1. The van der Waals surface area contributed by atoms with Gasteiger partial charge in [-0.3, -0.25) is 0 Å². The molecule has 0 aromatic rings. The maximum absolute atomic E-state index is 5.37. The maximum Gasteiger partial charge on any atom is 0.128 e. The van der Waals surface area contributed by atoms with Gasteiger partial charge in [0.05, 0.1) is 12.7 Å². The molecule has 0 radical (unpaired) electrons. The molecule has 0 amide bonds. The van der Waals surface area contributed by atoms with Crippen molar-refractivity contribution in [2.24, 2.45) is 5.73 Å². The Labute approximate surface area is 90.1 Å². The minimum absolute atomic E-state index is 0.194. The van der Waals surface area contributed by atoms with Gasteiger partial charge in [-0.1, -0.05) is 24.4 Å². The van der Waals surface area contributed by atoms with Crippen LogP contribution in [-0.2, 0) is 4.74 Å². The Morgan fingerprint density at radius 3 is 2.77 bits per heavy atom. The van der Waals surface area contributed by atoms with E-state index in [1.807, 2.05) is 13.0 Å². The van der Waals surface area contributed by atoms with Crippen LogP contribution >= 0.6 is 24.8 Å². The van der Waals surface area contributed by atoms with E-state index in [0.29, 0.717) is 6.10 Å². The number of thiol groups is 1. The first-order chi connectivity index (χ1) is 6.16. The second-order valence-corrected chi connectivity index (χ2v) is 3.70. The van der Waals surface area contributed by atoms with Crippen LogP contribution < -0.4 is 11.1 Å². The van der Waals surface area contributed by atoms with Gasteiger partial charge in [-0.15, -0.1) is 12.6 Å². The second-order valence-electron chi connectivity index (χ2n) is 2.48. The molecule has 0 aliphatic carbocycles. The van der Waals surface area contributed by atoms with Crippen LogP contribution in [0.1, 0.15) is 6.92 Å². The Morgan fingerprint density at radius 2 is 2.38 bits per heavy atom. The topological polar surface area (TPSA) is 47.3 Å². The minimum Gasteiger partial charge on any atom is -0.385 e. The first kappa shape index (κ1) is 12.9. The van der Waals surface area contributed by atoms with Crippen LogP contribution in [0, 0.1) is 0 Å². The number of hydrogen-bond donors (Lipinski definition) is 3. The zero-order valence-electron chi connectivity index (χ0n) is 7.69. The molecule has 0 saturated carbocycles. The SMILES string of the molecule is CC=CC1CNCCO1.NC(=S)S. The molecule has 3 N–H and O–H groups in total. The molecule has 1 unspecified atom stereocenters. The summed E-state index contributed by atoms with van der Waals surface area (Å²) in [5.41, 5.74) is 4.71. The lowest BCUT2D eigenvalue weighted by molar-refractivity contribution is 0.0591. The Morgan fingerprint density at radius 1 is 1.77 bits per heavy atom. The van der Waals surface area contributed by atoms with Crippen LogP contribution in [0.2, 0.25) is 0 Å². The van der Waals surface area contributed by atoms with Crippen LogP contribution in [0.4, 0.5) is 0 Å². The highest BCUT2D eigenvalue weighted by atomic mass is 32.1. The van der Waals surface area contributed by atoms with Crippen LogP contribution in [0.25, 0.3) is 0 Å². The molecule has 1 heterocycles. The van der Waals surface area contributed by atoms with Gasteiger partial charge in [-0.2, -0.15) is 0 Å². The van der Waals surface area contributed by atoms with E-state index in [1.165, 1.54) is 0 Å². The van der Waals surface area contributed by atoms with Crippen molar-refractivity contribution in [3.63, 3.8) is 0 Å². The number of rotatable bonds is 1.